The van der Waals surface area contributed by atoms with E-state index in [0.717, 1.165) is 18.2 Å². The fourth-order valence-electron chi connectivity index (χ4n) is 2.49. The number of amides is 2. The topological polar surface area (TPSA) is 49.4 Å². The number of alkyl halides is 3. The van der Waals surface area contributed by atoms with Gasteiger partial charge in [0.2, 0.25) is 5.91 Å². The second-order valence-electron chi connectivity index (χ2n) is 5.98. The van der Waals surface area contributed by atoms with Gasteiger partial charge in [0.15, 0.2) is 0 Å². The van der Waals surface area contributed by atoms with Crippen LogP contribution >= 0.6 is 23.2 Å². The summed E-state index contributed by atoms with van der Waals surface area (Å²) in [5.74, 6) is -1.19. The molecular formula is C19H17Cl2F3N2O2. The van der Waals surface area contributed by atoms with Crippen molar-refractivity contribution in [2.45, 2.75) is 19.5 Å². The lowest BCUT2D eigenvalue weighted by Gasteiger charge is -2.22. The standard InChI is InChI=1S/C19H17Cl2F3N2O2/c1-2-8-26(11-17(27)25-16-7-6-14(20)10-15(16)21)18(28)12-4-3-5-13(9-12)19(22,23)24/h3-7,9-10H,2,8,11H2,1H3,(H,25,27). The summed E-state index contributed by atoms with van der Waals surface area (Å²) in [5, 5.41) is 3.19. The van der Waals surface area contributed by atoms with Crippen molar-refractivity contribution in [1.29, 1.82) is 0 Å². The summed E-state index contributed by atoms with van der Waals surface area (Å²) in [6.45, 7) is 1.67. The number of carbonyl (C=O) groups is 2. The van der Waals surface area contributed by atoms with Crippen LogP contribution in [-0.2, 0) is 11.0 Å². The molecule has 9 heteroatoms. The second-order valence-corrected chi connectivity index (χ2v) is 6.82. The fourth-order valence-corrected chi connectivity index (χ4v) is 2.94. The number of hydrogen-bond acceptors (Lipinski definition) is 2. The molecule has 0 saturated carbocycles. The van der Waals surface area contributed by atoms with Crippen molar-refractivity contribution in [3.8, 4) is 0 Å². The number of rotatable bonds is 6. The molecule has 0 bridgehead atoms. The van der Waals surface area contributed by atoms with Crippen LogP contribution in [0.3, 0.4) is 0 Å². The van der Waals surface area contributed by atoms with Gasteiger partial charge in [-0.2, -0.15) is 13.2 Å². The average Bonchev–Trinajstić information content (AvgIpc) is 2.62. The molecule has 0 spiro atoms. The fraction of sp³-hybridized carbons (Fsp3) is 0.263. The van der Waals surface area contributed by atoms with Crippen molar-refractivity contribution in [2.24, 2.45) is 0 Å². The highest BCUT2D eigenvalue weighted by Crippen LogP contribution is 2.30. The van der Waals surface area contributed by atoms with E-state index in [1.54, 1.807) is 13.0 Å². The summed E-state index contributed by atoms with van der Waals surface area (Å²) in [6.07, 6.45) is -4.03. The van der Waals surface area contributed by atoms with Crippen LogP contribution in [0.4, 0.5) is 18.9 Å². The lowest BCUT2D eigenvalue weighted by molar-refractivity contribution is -0.137. The van der Waals surface area contributed by atoms with E-state index in [9.17, 15) is 22.8 Å². The Morgan fingerprint density at radius 1 is 1.11 bits per heavy atom. The molecule has 0 radical (unpaired) electrons. The van der Waals surface area contributed by atoms with Gasteiger partial charge in [-0.1, -0.05) is 36.2 Å². The summed E-state index contributed by atoms with van der Waals surface area (Å²) in [7, 11) is 0. The maximum absolute atomic E-state index is 12.9. The van der Waals surface area contributed by atoms with Crippen LogP contribution < -0.4 is 5.32 Å². The Labute approximate surface area is 170 Å². The highest BCUT2D eigenvalue weighted by Gasteiger charge is 2.31. The van der Waals surface area contributed by atoms with E-state index in [-0.39, 0.29) is 23.7 Å². The number of anilines is 1. The van der Waals surface area contributed by atoms with Crippen molar-refractivity contribution >= 4 is 40.7 Å². The quantitative estimate of drug-likeness (QED) is 0.654. The molecule has 0 heterocycles. The van der Waals surface area contributed by atoms with Crippen molar-refractivity contribution in [3.63, 3.8) is 0 Å². The number of nitrogens with one attached hydrogen (secondary N) is 1. The smallest absolute Gasteiger partial charge is 0.329 e. The van der Waals surface area contributed by atoms with E-state index in [2.05, 4.69) is 5.32 Å². The van der Waals surface area contributed by atoms with Crippen LogP contribution in [0.5, 0.6) is 0 Å². The van der Waals surface area contributed by atoms with E-state index >= 15 is 0 Å². The van der Waals surface area contributed by atoms with E-state index in [0.29, 0.717) is 17.1 Å². The maximum atomic E-state index is 12.9. The van der Waals surface area contributed by atoms with Gasteiger partial charge in [0.1, 0.15) is 6.54 Å². The van der Waals surface area contributed by atoms with Crippen molar-refractivity contribution in [1.82, 2.24) is 4.90 Å². The SMILES string of the molecule is CCCN(CC(=O)Nc1ccc(Cl)cc1Cl)C(=O)c1cccc(C(F)(F)F)c1. The van der Waals surface area contributed by atoms with Crippen LogP contribution in [-0.4, -0.2) is 29.8 Å². The number of halogens is 5. The minimum absolute atomic E-state index is 0.138. The maximum Gasteiger partial charge on any atom is 0.416 e. The summed E-state index contributed by atoms with van der Waals surface area (Å²) in [4.78, 5) is 26.2. The minimum atomic E-state index is -4.56. The molecule has 0 atom stereocenters. The summed E-state index contributed by atoms with van der Waals surface area (Å²) >= 11 is 11.8. The Hall–Kier alpha value is -2.25. The molecular weight excluding hydrogens is 416 g/mol. The summed E-state index contributed by atoms with van der Waals surface area (Å²) < 4.78 is 38.7. The molecule has 2 aromatic carbocycles. The van der Waals surface area contributed by atoms with Gasteiger partial charge in [-0.05, 0) is 42.8 Å². The van der Waals surface area contributed by atoms with Crippen LogP contribution in [0.1, 0.15) is 29.3 Å². The van der Waals surface area contributed by atoms with Crippen LogP contribution in [0.15, 0.2) is 42.5 Å². The lowest BCUT2D eigenvalue weighted by atomic mass is 10.1. The first-order chi connectivity index (χ1) is 13.1. The second kappa shape index (κ2) is 9.30. The van der Waals surface area contributed by atoms with E-state index < -0.39 is 23.6 Å². The Morgan fingerprint density at radius 3 is 2.43 bits per heavy atom. The molecule has 4 nitrogen and oxygen atoms in total. The molecule has 150 valence electrons. The third-order valence-corrected chi connectivity index (χ3v) is 4.31. The Bertz CT molecular complexity index is 872. The van der Waals surface area contributed by atoms with Gasteiger partial charge in [0.05, 0.1) is 16.3 Å². The largest absolute Gasteiger partial charge is 0.416 e. The zero-order valence-corrected chi connectivity index (χ0v) is 16.3. The van der Waals surface area contributed by atoms with Gasteiger partial charge in [0, 0.05) is 17.1 Å². The Kier molecular flexibility index (Phi) is 7.32. The van der Waals surface area contributed by atoms with Gasteiger partial charge >= 0.3 is 6.18 Å². The number of carbonyl (C=O) groups excluding carboxylic acids is 2. The lowest BCUT2D eigenvalue weighted by Crippen LogP contribution is -2.38. The predicted octanol–water partition coefficient (Wildman–Crippen LogP) is 5.50. The molecule has 2 rings (SSSR count). The highest BCUT2D eigenvalue weighted by atomic mass is 35.5. The van der Waals surface area contributed by atoms with Gasteiger partial charge in [-0.15, -0.1) is 0 Å². The van der Waals surface area contributed by atoms with Crippen LogP contribution in [0.25, 0.3) is 0 Å². The zero-order chi connectivity index (χ0) is 20.9. The van der Waals surface area contributed by atoms with Crippen molar-refractivity contribution in [2.75, 3.05) is 18.4 Å². The molecule has 1 N–H and O–H groups in total. The normalized spacial score (nSPS) is 11.2. The molecule has 0 aliphatic rings. The summed E-state index contributed by atoms with van der Waals surface area (Å²) in [5.41, 5.74) is -0.744. The van der Waals surface area contributed by atoms with Crippen molar-refractivity contribution < 1.29 is 22.8 Å². The monoisotopic (exact) mass is 432 g/mol. The number of nitrogens with zero attached hydrogens (tertiary/aromatic N) is 1. The third-order valence-electron chi connectivity index (χ3n) is 3.76. The first-order valence-corrected chi connectivity index (χ1v) is 9.09. The van der Waals surface area contributed by atoms with E-state index in [1.807, 2.05) is 0 Å². The molecule has 2 aromatic rings. The average molecular weight is 433 g/mol. The number of benzene rings is 2. The van der Waals surface area contributed by atoms with Gasteiger partial charge < -0.3 is 10.2 Å². The third kappa shape index (κ3) is 5.87. The molecule has 2 amide bonds. The van der Waals surface area contributed by atoms with Gasteiger partial charge in [0.25, 0.3) is 5.91 Å². The number of hydrogen-bond donors (Lipinski definition) is 1. The molecule has 28 heavy (non-hydrogen) atoms. The van der Waals surface area contributed by atoms with Gasteiger partial charge in [-0.25, -0.2) is 0 Å². The molecule has 0 aliphatic carbocycles. The Balaban J connectivity index is 2.16. The Morgan fingerprint density at radius 2 is 1.82 bits per heavy atom. The van der Waals surface area contributed by atoms with E-state index in [4.69, 9.17) is 23.2 Å². The predicted molar refractivity (Wildman–Crippen MR) is 103 cm³/mol. The van der Waals surface area contributed by atoms with Crippen LogP contribution in [0, 0.1) is 0 Å². The zero-order valence-electron chi connectivity index (χ0n) is 14.8. The van der Waals surface area contributed by atoms with Crippen LogP contribution in [0.2, 0.25) is 10.0 Å². The van der Waals surface area contributed by atoms with E-state index in [1.165, 1.54) is 23.1 Å². The summed E-state index contributed by atoms with van der Waals surface area (Å²) in [6, 6.07) is 8.62. The molecule has 0 aliphatic heterocycles. The first-order valence-electron chi connectivity index (χ1n) is 8.33. The molecule has 0 unspecified atom stereocenters. The first kappa shape index (κ1) is 22.0. The van der Waals surface area contributed by atoms with Gasteiger partial charge in [-0.3, -0.25) is 9.59 Å². The molecule has 0 fully saturated rings. The van der Waals surface area contributed by atoms with Crippen molar-refractivity contribution in [3.05, 3.63) is 63.6 Å². The molecule has 0 aromatic heterocycles. The minimum Gasteiger partial charge on any atom is -0.329 e. The highest BCUT2D eigenvalue weighted by molar-refractivity contribution is 6.36. The molecule has 0 saturated heterocycles.